The highest BCUT2D eigenvalue weighted by Gasteiger charge is 2.16. The lowest BCUT2D eigenvalue weighted by molar-refractivity contribution is -0.115. The van der Waals surface area contributed by atoms with Crippen molar-refractivity contribution >= 4 is 23.4 Å². The van der Waals surface area contributed by atoms with E-state index in [9.17, 15) is 13.6 Å². The van der Waals surface area contributed by atoms with Crippen LogP contribution >= 0.6 is 11.8 Å². The summed E-state index contributed by atoms with van der Waals surface area (Å²) in [4.78, 5) is 11.7. The van der Waals surface area contributed by atoms with Crippen LogP contribution in [-0.2, 0) is 4.79 Å². The second-order valence-electron chi connectivity index (χ2n) is 2.91. The van der Waals surface area contributed by atoms with E-state index in [2.05, 4.69) is 5.32 Å². The number of halogens is 2. The molecule has 1 N–H and O–H groups in total. The summed E-state index contributed by atoms with van der Waals surface area (Å²) in [6, 6.07) is 2.13. The van der Waals surface area contributed by atoms with E-state index in [1.807, 2.05) is 0 Å². The fourth-order valence-electron chi connectivity index (χ4n) is 1.21. The molecule has 0 fully saturated rings. The first-order valence-electron chi connectivity index (χ1n) is 4.08. The number of carbonyl (C=O) groups is 1. The Balaban J connectivity index is 2.46. The number of thioether (sulfide) groups is 1. The number of amides is 1. The van der Waals surface area contributed by atoms with Crippen molar-refractivity contribution in [1.29, 1.82) is 0 Å². The zero-order valence-corrected chi connectivity index (χ0v) is 7.96. The third-order valence-corrected chi connectivity index (χ3v) is 2.94. The van der Waals surface area contributed by atoms with Gasteiger partial charge in [-0.05, 0) is 6.07 Å². The fraction of sp³-hybridized carbons (Fsp3) is 0.222. The van der Waals surface area contributed by atoms with Gasteiger partial charge in [0, 0.05) is 23.1 Å². The molecule has 14 heavy (non-hydrogen) atoms. The van der Waals surface area contributed by atoms with E-state index < -0.39 is 11.6 Å². The summed E-state index contributed by atoms with van der Waals surface area (Å²) in [7, 11) is 0. The largest absolute Gasteiger partial charge is 0.325 e. The summed E-state index contributed by atoms with van der Waals surface area (Å²) < 4.78 is 25.7. The van der Waals surface area contributed by atoms with Gasteiger partial charge in [-0.3, -0.25) is 4.79 Å². The molecule has 0 aromatic heterocycles. The maximum Gasteiger partial charge on any atom is 0.225 e. The lowest BCUT2D eigenvalue weighted by Gasteiger charge is -2.05. The molecule has 0 saturated heterocycles. The Morgan fingerprint density at radius 3 is 2.79 bits per heavy atom. The minimum Gasteiger partial charge on any atom is -0.325 e. The van der Waals surface area contributed by atoms with Gasteiger partial charge in [-0.15, -0.1) is 11.8 Å². The number of nitrogens with one attached hydrogen (secondary N) is 1. The smallest absolute Gasteiger partial charge is 0.225 e. The second-order valence-corrected chi connectivity index (χ2v) is 4.05. The summed E-state index contributed by atoms with van der Waals surface area (Å²) in [6.45, 7) is 0. The minimum absolute atomic E-state index is 0.165. The van der Waals surface area contributed by atoms with Crippen LogP contribution < -0.4 is 5.32 Å². The Labute approximate surface area is 83.7 Å². The van der Waals surface area contributed by atoms with Crippen LogP contribution in [0.5, 0.6) is 0 Å². The number of hydrogen-bond acceptors (Lipinski definition) is 2. The Bertz CT molecular complexity index is 395. The van der Waals surface area contributed by atoms with E-state index in [1.54, 1.807) is 0 Å². The first kappa shape index (κ1) is 9.45. The molecular formula is C9H7F2NOS. The van der Waals surface area contributed by atoms with Crippen molar-refractivity contribution in [3.05, 3.63) is 23.8 Å². The molecule has 1 aromatic carbocycles. The van der Waals surface area contributed by atoms with Crippen LogP contribution in [0.4, 0.5) is 14.5 Å². The molecule has 0 spiro atoms. The molecule has 1 aliphatic heterocycles. The number of fused-ring (bicyclic) bond motifs is 1. The Kier molecular flexibility index (Phi) is 2.41. The highest BCUT2D eigenvalue weighted by molar-refractivity contribution is 7.99. The minimum atomic E-state index is -0.938. The van der Waals surface area contributed by atoms with Gasteiger partial charge >= 0.3 is 0 Å². The molecule has 0 aliphatic carbocycles. The van der Waals surface area contributed by atoms with Gasteiger partial charge in [-0.1, -0.05) is 0 Å². The lowest BCUT2D eigenvalue weighted by Crippen LogP contribution is -2.10. The molecule has 2 rings (SSSR count). The maximum atomic E-state index is 12.8. The van der Waals surface area contributed by atoms with Gasteiger partial charge in [-0.25, -0.2) is 8.78 Å². The van der Waals surface area contributed by atoms with Crippen LogP contribution in [0.15, 0.2) is 17.0 Å². The van der Waals surface area contributed by atoms with Gasteiger partial charge in [0.1, 0.15) is 0 Å². The third-order valence-electron chi connectivity index (χ3n) is 1.88. The molecule has 0 bridgehead atoms. The Morgan fingerprint density at radius 1 is 1.29 bits per heavy atom. The molecule has 0 atom stereocenters. The van der Waals surface area contributed by atoms with E-state index in [1.165, 1.54) is 11.8 Å². The maximum absolute atomic E-state index is 12.8. The molecule has 0 unspecified atom stereocenters. The van der Waals surface area contributed by atoms with Gasteiger partial charge in [0.2, 0.25) is 5.91 Å². The molecule has 0 radical (unpaired) electrons. The lowest BCUT2D eigenvalue weighted by atomic mass is 10.3. The summed E-state index contributed by atoms with van der Waals surface area (Å²) in [5, 5.41) is 2.52. The van der Waals surface area contributed by atoms with Crippen LogP contribution in [0.1, 0.15) is 6.42 Å². The molecule has 1 aromatic rings. The van der Waals surface area contributed by atoms with Crippen LogP contribution in [0.3, 0.4) is 0 Å². The predicted octanol–water partition coefficient (Wildman–Crippen LogP) is 2.40. The van der Waals surface area contributed by atoms with Gasteiger partial charge in [0.15, 0.2) is 11.6 Å². The highest BCUT2D eigenvalue weighted by Crippen LogP contribution is 2.32. The average molecular weight is 215 g/mol. The van der Waals surface area contributed by atoms with Gasteiger partial charge in [0.05, 0.1) is 5.69 Å². The van der Waals surface area contributed by atoms with Crippen LogP contribution in [0.25, 0.3) is 0 Å². The van der Waals surface area contributed by atoms with Crippen LogP contribution in [-0.4, -0.2) is 11.7 Å². The van der Waals surface area contributed by atoms with Crippen molar-refractivity contribution in [2.45, 2.75) is 11.3 Å². The SMILES string of the molecule is O=C1CCSc2cc(F)c(F)cc2N1. The van der Waals surface area contributed by atoms with Crippen molar-refractivity contribution in [1.82, 2.24) is 0 Å². The number of benzene rings is 1. The summed E-state index contributed by atoms with van der Waals surface area (Å²) in [6.07, 6.45) is 0.364. The highest BCUT2D eigenvalue weighted by atomic mass is 32.2. The molecular weight excluding hydrogens is 208 g/mol. The van der Waals surface area contributed by atoms with Crippen molar-refractivity contribution < 1.29 is 13.6 Å². The third kappa shape index (κ3) is 1.72. The zero-order chi connectivity index (χ0) is 10.1. The molecule has 1 amide bonds. The number of carbonyl (C=O) groups excluding carboxylic acids is 1. The quantitative estimate of drug-likeness (QED) is 0.720. The van der Waals surface area contributed by atoms with Gasteiger partial charge in [0.25, 0.3) is 0 Å². The van der Waals surface area contributed by atoms with Crippen molar-refractivity contribution in [3.8, 4) is 0 Å². The normalized spacial score (nSPS) is 15.7. The summed E-state index contributed by atoms with van der Waals surface area (Å²) >= 11 is 1.35. The summed E-state index contributed by atoms with van der Waals surface area (Å²) in [5.74, 6) is -1.40. The molecule has 5 heteroatoms. The van der Waals surface area contributed by atoms with E-state index in [4.69, 9.17) is 0 Å². The van der Waals surface area contributed by atoms with Crippen LogP contribution in [0.2, 0.25) is 0 Å². The van der Waals surface area contributed by atoms with E-state index in [0.29, 0.717) is 22.8 Å². The average Bonchev–Trinajstić information content (AvgIpc) is 2.28. The second kappa shape index (κ2) is 3.57. The topological polar surface area (TPSA) is 29.1 Å². The number of rotatable bonds is 0. The van der Waals surface area contributed by atoms with E-state index in [0.717, 1.165) is 12.1 Å². The Morgan fingerprint density at radius 2 is 2.00 bits per heavy atom. The van der Waals surface area contributed by atoms with Crippen LogP contribution in [0, 0.1) is 11.6 Å². The molecule has 0 saturated carbocycles. The van der Waals surface area contributed by atoms with E-state index in [-0.39, 0.29) is 5.91 Å². The predicted molar refractivity (Wildman–Crippen MR) is 50.3 cm³/mol. The van der Waals surface area contributed by atoms with Gasteiger partial charge < -0.3 is 5.32 Å². The first-order valence-corrected chi connectivity index (χ1v) is 5.07. The molecule has 1 aliphatic rings. The standard InChI is InChI=1S/C9H7F2NOS/c10-5-3-7-8(4-6(5)11)14-2-1-9(13)12-7/h3-4H,1-2H2,(H,12,13). The zero-order valence-electron chi connectivity index (χ0n) is 7.14. The number of anilines is 1. The van der Waals surface area contributed by atoms with Crippen molar-refractivity contribution in [3.63, 3.8) is 0 Å². The van der Waals surface area contributed by atoms with E-state index >= 15 is 0 Å². The number of hydrogen-bond donors (Lipinski definition) is 1. The molecule has 2 nitrogen and oxygen atoms in total. The monoisotopic (exact) mass is 215 g/mol. The molecule has 74 valence electrons. The van der Waals surface area contributed by atoms with Gasteiger partial charge in [-0.2, -0.15) is 0 Å². The first-order chi connectivity index (χ1) is 6.66. The fourth-order valence-corrected chi connectivity index (χ4v) is 2.17. The Hall–Kier alpha value is -1.10. The molecule has 1 heterocycles. The van der Waals surface area contributed by atoms with Crippen molar-refractivity contribution in [2.24, 2.45) is 0 Å². The van der Waals surface area contributed by atoms with Crippen molar-refractivity contribution in [2.75, 3.05) is 11.1 Å². The summed E-state index contributed by atoms with van der Waals surface area (Å²) in [5.41, 5.74) is 0.358.